The smallest absolute Gasteiger partial charge is 0.219 e. The van der Waals surface area contributed by atoms with E-state index in [1.54, 1.807) is 6.92 Å². The Morgan fingerprint density at radius 3 is 2.32 bits per heavy atom. The highest BCUT2D eigenvalue weighted by atomic mass is 16.2. The third-order valence-electron chi connectivity index (χ3n) is 4.22. The maximum atomic E-state index is 11.4. The summed E-state index contributed by atoms with van der Waals surface area (Å²) in [6, 6.07) is 9.26. The van der Waals surface area contributed by atoms with Crippen LogP contribution in [0.4, 0.5) is 5.69 Å². The number of nitrogens with zero attached hydrogens (tertiary/aromatic N) is 2. The molecule has 1 fully saturated rings. The van der Waals surface area contributed by atoms with E-state index >= 15 is 0 Å². The first-order chi connectivity index (χ1) is 9.11. The molecule has 0 aromatic heterocycles. The maximum Gasteiger partial charge on any atom is 0.219 e. The number of amides is 1. The van der Waals surface area contributed by atoms with Gasteiger partial charge in [-0.1, -0.05) is 19.1 Å². The van der Waals surface area contributed by atoms with E-state index in [2.05, 4.69) is 36.1 Å². The standard InChI is InChI=1S/C16H24N2O/c1-4-14-5-7-16(8-6-14)18-11-9-15(10-12-18)17(3)13(2)19/h5-8,15H,4,9-12H2,1-3H3. The van der Waals surface area contributed by atoms with Crippen LogP contribution >= 0.6 is 0 Å². The predicted octanol–water partition coefficient (Wildman–Crippen LogP) is 2.70. The van der Waals surface area contributed by atoms with E-state index < -0.39 is 0 Å². The van der Waals surface area contributed by atoms with E-state index in [4.69, 9.17) is 0 Å². The van der Waals surface area contributed by atoms with Gasteiger partial charge in [0.2, 0.25) is 5.91 Å². The highest BCUT2D eigenvalue weighted by molar-refractivity contribution is 5.73. The van der Waals surface area contributed by atoms with Gasteiger partial charge in [0.25, 0.3) is 0 Å². The fraction of sp³-hybridized carbons (Fsp3) is 0.562. The number of piperidine rings is 1. The van der Waals surface area contributed by atoms with Crippen LogP contribution in [0.25, 0.3) is 0 Å². The summed E-state index contributed by atoms with van der Waals surface area (Å²) >= 11 is 0. The molecule has 1 aliphatic rings. The molecule has 1 aromatic rings. The molecular formula is C16H24N2O. The van der Waals surface area contributed by atoms with Gasteiger partial charge in [0, 0.05) is 38.8 Å². The molecule has 19 heavy (non-hydrogen) atoms. The van der Waals surface area contributed by atoms with E-state index in [-0.39, 0.29) is 5.91 Å². The molecule has 0 spiro atoms. The summed E-state index contributed by atoms with van der Waals surface area (Å²) in [5.74, 6) is 0.172. The summed E-state index contributed by atoms with van der Waals surface area (Å²) in [5, 5.41) is 0. The first kappa shape index (κ1) is 13.9. The molecule has 0 unspecified atom stereocenters. The Kier molecular flexibility index (Phi) is 4.46. The Morgan fingerprint density at radius 1 is 1.26 bits per heavy atom. The van der Waals surface area contributed by atoms with Gasteiger partial charge in [-0.3, -0.25) is 4.79 Å². The SMILES string of the molecule is CCc1ccc(N2CCC(N(C)C(C)=O)CC2)cc1. The maximum absolute atomic E-state index is 11.4. The molecule has 0 saturated carbocycles. The van der Waals surface area contributed by atoms with Crippen LogP contribution in [0.15, 0.2) is 24.3 Å². The monoisotopic (exact) mass is 260 g/mol. The van der Waals surface area contributed by atoms with Gasteiger partial charge in [0.1, 0.15) is 0 Å². The van der Waals surface area contributed by atoms with Crippen molar-refractivity contribution in [2.45, 2.75) is 39.2 Å². The van der Waals surface area contributed by atoms with Gasteiger partial charge in [0.05, 0.1) is 0 Å². The normalized spacial score (nSPS) is 16.5. The summed E-state index contributed by atoms with van der Waals surface area (Å²) in [4.78, 5) is 15.7. The number of hydrogen-bond acceptors (Lipinski definition) is 2. The average Bonchev–Trinajstić information content (AvgIpc) is 2.46. The van der Waals surface area contributed by atoms with Crippen molar-refractivity contribution < 1.29 is 4.79 Å². The molecular weight excluding hydrogens is 236 g/mol. The van der Waals surface area contributed by atoms with E-state index in [0.717, 1.165) is 32.4 Å². The predicted molar refractivity (Wildman–Crippen MR) is 79.5 cm³/mol. The Labute approximate surface area is 116 Å². The molecule has 3 heteroatoms. The fourth-order valence-corrected chi connectivity index (χ4v) is 2.71. The molecule has 1 heterocycles. The number of carbonyl (C=O) groups is 1. The van der Waals surface area contributed by atoms with Crippen LogP contribution in [0.2, 0.25) is 0 Å². The second kappa shape index (κ2) is 6.09. The zero-order valence-electron chi connectivity index (χ0n) is 12.2. The Hall–Kier alpha value is -1.51. The van der Waals surface area contributed by atoms with Crippen LogP contribution in [-0.2, 0) is 11.2 Å². The van der Waals surface area contributed by atoms with Crippen molar-refractivity contribution >= 4 is 11.6 Å². The number of rotatable bonds is 3. The number of carbonyl (C=O) groups excluding carboxylic acids is 1. The molecule has 0 N–H and O–H groups in total. The van der Waals surface area contributed by atoms with Gasteiger partial charge in [-0.05, 0) is 37.0 Å². The summed E-state index contributed by atoms with van der Waals surface area (Å²) in [5.41, 5.74) is 2.69. The minimum absolute atomic E-state index is 0.172. The van der Waals surface area contributed by atoms with Crippen molar-refractivity contribution in [1.82, 2.24) is 4.90 Å². The molecule has 104 valence electrons. The van der Waals surface area contributed by atoms with Crippen molar-refractivity contribution in [3.8, 4) is 0 Å². The van der Waals surface area contributed by atoms with Crippen LogP contribution in [0.3, 0.4) is 0 Å². The average molecular weight is 260 g/mol. The first-order valence-corrected chi connectivity index (χ1v) is 7.19. The van der Waals surface area contributed by atoms with Crippen molar-refractivity contribution in [1.29, 1.82) is 0 Å². The van der Waals surface area contributed by atoms with Gasteiger partial charge in [-0.15, -0.1) is 0 Å². The molecule has 0 bridgehead atoms. The van der Waals surface area contributed by atoms with Crippen molar-refractivity contribution in [2.75, 3.05) is 25.0 Å². The van der Waals surface area contributed by atoms with Gasteiger partial charge >= 0.3 is 0 Å². The van der Waals surface area contributed by atoms with Gasteiger partial charge in [-0.25, -0.2) is 0 Å². The molecule has 1 amide bonds. The molecule has 1 saturated heterocycles. The lowest BCUT2D eigenvalue weighted by atomic mass is 10.0. The summed E-state index contributed by atoms with van der Waals surface area (Å²) < 4.78 is 0. The second-order valence-electron chi connectivity index (χ2n) is 5.37. The summed E-state index contributed by atoms with van der Waals surface area (Å²) in [6.45, 7) is 5.90. The van der Waals surface area contributed by atoms with E-state index in [1.165, 1.54) is 11.3 Å². The largest absolute Gasteiger partial charge is 0.371 e. The van der Waals surface area contributed by atoms with Crippen LogP contribution in [0, 0.1) is 0 Å². The lowest BCUT2D eigenvalue weighted by Gasteiger charge is -2.37. The van der Waals surface area contributed by atoms with Crippen LogP contribution < -0.4 is 4.90 Å². The Balaban J connectivity index is 1.93. The van der Waals surface area contributed by atoms with Gasteiger partial charge in [0.15, 0.2) is 0 Å². The van der Waals surface area contributed by atoms with Crippen LogP contribution in [0.5, 0.6) is 0 Å². The lowest BCUT2D eigenvalue weighted by molar-refractivity contribution is -0.129. The van der Waals surface area contributed by atoms with Crippen LogP contribution in [0.1, 0.15) is 32.3 Å². The van der Waals surface area contributed by atoms with E-state index in [9.17, 15) is 4.79 Å². The summed E-state index contributed by atoms with van der Waals surface area (Å²) in [7, 11) is 1.92. The molecule has 0 radical (unpaired) electrons. The quantitative estimate of drug-likeness (QED) is 0.834. The zero-order valence-corrected chi connectivity index (χ0v) is 12.2. The van der Waals surface area contributed by atoms with Crippen LogP contribution in [-0.4, -0.2) is 37.0 Å². The minimum Gasteiger partial charge on any atom is -0.371 e. The number of anilines is 1. The van der Waals surface area contributed by atoms with Crippen molar-refractivity contribution in [2.24, 2.45) is 0 Å². The topological polar surface area (TPSA) is 23.6 Å². The number of benzene rings is 1. The lowest BCUT2D eigenvalue weighted by Crippen LogP contribution is -2.45. The molecule has 3 nitrogen and oxygen atoms in total. The van der Waals surface area contributed by atoms with Crippen molar-refractivity contribution in [3.05, 3.63) is 29.8 Å². The first-order valence-electron chi connectivity index (χ1n) is 7.19. The Morgan fingerprint density at radius 2 is 1.84 bits per heavy atom. The molecule has 0 atom stereocenters. The number of aryl methyl sites for hydroxylation is 1. The third-order valence-corrected chi connectivity index (χ3v) is 4.22. The minimum atomic E-state index is 0.172. The molecule has 1 aliphatic heterocycles. The highest BCUT2D eigenvalue weighted by Crippen LogP contribution is 2.22. The zero-order chi connectivity index (χ0) is 13.8. The van der Waals surface area contributed by atoms with E-state index in [0.29, 0.717) is 6.04 Å². The van der Waals surface area contributed by atoms with E-state index in [1.807, 2.05) is 11.9 Å². The molecule has 0 aliphatic carbocycles. The van der Waals surface area contributed by atoms with Gasteiger partial charge in [-0.2, -0.15) is 0 Å². The van der Waals surface area contributed by atoms with Crippen molar-refractivity contribution in [3.63, 3.8) is 0 Å². The fourth-order valence-electron chi connectivity index (χ4n) is 2.71. The third kappa shape index (κ3) is 3.28. The molecule has 1 aromatic carbocycles. The Bertz CT molecular complexity index is 419. The summed E-state index contributed by atoms with van der Waals surface area (Å²) in [6.07, 6.45) is 3.21. The number of hydrogen-bond donors (Lipinski definition) is 0. The van der Waals surface area contributed by atoms with Gasteiger partial charge < -0.3 is 9.80 Å². The second-order valence-corrected chi connectivity index (χ2v) is 5.37. The highest BCUT2D eigenvalue weighted by Gasteiger charge is 2.23. The molecule has 2 rings (SSSR count).